The molecule has 7 nitrogen and oxygen atoms in total. The van der Waals surface area contributed by atoms with Crippen molar-refractivity contribution in [3.63, 3.8) is 0 Å². The van der Waals surface area contributed by atoms with Gasteiger partial charge in [-0.05, 0) is 55.8 Å². The quantitative estimate of drug-likeness (QED) is 0.599. The zero-order chi connectivity index (χ0) is 22.2. The minimum Gasteiger partial charge on any atom is -0.480 e. The molecule has 0 aliphatic rings. The van der Waals surface area contributed by atoms with Crippen molar-refractivity contribution in [3.8, 4) is 0 Å². The lowest BCUT2D eigenvalue weighted by Crippen LogP contribution is -2.28. The van der Waals surface area contributed by atoms with Gasteiger partial charge in [-0.2, -0.15) is 0 Å². The van der Waals surface area contributed by atoms with Gasteiger partial charge in [-0.25, -0.2) is 8.42 Å². The summed E-state index contributed by atoms with van der Waals surface area (Å²) in [5, 5.41) is 11.8. The number of rotatable bonds is 6. The second-order valence-corrected chi connectivity index (χ2v) is 9.79. The maximum Gasteiger partial charge on any atom is 0.321 e. The van der Waals surface area contributed by atoms with Gasteiger partial charge in [-0.15, -0.1) is 0 Å². The predicted molar refractivity (Wildman–Crippen MR) is 115 cm³/mol. The van der Waals surface area contributed by atoms with Gasteiger partial charge in [-0.3, -0.25) is 9.59 Å². The molecule has 9 heteroatoms. The summed E-state index contributed by atoms with van der Waals surface area (Å²) in [5.74, 6) is -1.69. The highest BCUT2D eigenvalue weighted by Crippen LogP contribution is 2.24. The largest absolute Gasteiger partial charge is 0.480 e. The lowest BCUT2D eigenvalue weighted by Gasteiger charge is -2.16. The third-order valence-electron chi connectivity index (χ3n) is 5.11. The average Bonchev–Trinajstić information content (AvgIpc) is 3.03. The third kappa shape index (κ3) is 4.06. The molecule has 1 amide bonds. The molecular weight excluding hydrogens is 428 g/mol. The fraction of sp³-hybridized carbons (Fsp3) is 0.238. The zero-order valence-electron chi connectivity index (χ0n) is 16.6. The second kappa shape index (κ2) is 8.12. The van der Waals surface area contributed by atoms with E-state index in [2.05, 4.69) is 5.32 Å². The van der Waals surface area contributed by atoms with Crippen molar-refractivity contribution in [2.24, 2.45) is 7.05 Å². The SMILES string of the molecule is C[C@H](C(=O)O)S(=O)(=O)c1ccc([C@@H](C)NC(=O)c2cc3cc(Cl)ccc3n2C)cc1. The number of amides is 1. The molecule has 1 aromatic heterocycles. The van der Waals surface area contributed by atoms with Crippen molar-refractivity contribution in [1.82, 2.24) is 9.88 Å². The number of nitrogens with one attached hydrogen (secondary N) is 1. The Morgan fingerprint density at radius 1 is 1.07 bits per heavy atom. The molecule has 0 unspecified atom stereocenters. The summed E-state index contributed by atoms with van der Waals surface area (Å²) >= 11 is 6.02. The number of carbonyl (C=O) groups is 2. The van der Waals surface area contributed by atoms with Crippen LogP contribution in [0.15, 0.2) is 53.4 Å². The van der Waals surface area contributed by atoms with Crippen molar-refractivity contribution in [2.45, 2.75) is 30.0 Å². The molecule has 0 radical (unpaired) electrons. The maximum atomic E-state index is 12.8. The van der Waals surface area contributed by atoms with Crippen LogP contribution in [0, 0.1) is 0 Å². The molecule has 2 aromatic carbocycles. The van der Waals surface area contributed by atoms with Crippen LogP contribution in [0.25, 0.3) is 10.9 Å². The number of sulfone groups is 1. The number of hydrogen-bond acceptors (Lipinski definition) is 4. The Morgan fingerprint density at radius 3 is 2.30 bits per heavy atom. The van der Waals surface area contributed by atoms with E-state index in [4.69, 9.17) is 16.7 Å². The number of aliphatic carboxylic acids is 1. The van der Waals surface area contributed by atoms with Crippen molar-refractivity contribution in [2.75, 3.05) is 0 Å². The molecule has 158 valence electrons. The fourth-order valence-electron chi connectivity index (χ4n) is 3.18. The summed E-state index contributed by atoms with van der Waals surface area (Å²) in [4.78, 5) is 23.7. The number of carboxylic acid groups (broad SMARTS) is 1. The Balaban J connectivity index is 1.79. The average molecular weight is 449 g/mol. The number of carbonyl (C=O) groups excluding carboxylic acids is 1. The van der Waals surface area contributed by atoms with E-state index >= 15 is 0 Å². The van der Waals surface area contributed by atoms with Gasteiger partial charge in [0.1, 0.15) is 5.69 Å². The number of carboxylic acids is 1. The van der Waals surface area contributed by atoms with Crippen LogP contribution in [0.1, 0.15) is 35.9 Å². The molecule has 0 spiro atoms. The van der Waals surface area contributed by atoms with Crippen LogP contribution in [-0.4, -0.2) is 35.2 Å². The van der Waals surface area contributed by atoms with Crippen LogP contribution in [0.4, 0.5) is 0 Å². The van der Waals surface area contributed by atoms with Crippen LogP contribution in [0.5, 0.6) is 0 Å². The van der Waals surface area contributed by atoms with Crippen LogP contribution in [-0.2, 0) is 21.7 Å². The van der Waals surface area contributed by atoms with E-state index in [-0.39, 0.29) is 10.8 Å². The Hall–Kier alpha value is -2.84. The molecule has 30 heavy (non-hydrogen) atoms. The Labute approximate surface area is 179 Å². The summed E-state index contributed by atoms with van der Waals surface area (Å²) in [6, 6.07) is 12.6. The number of fused-ring (bicyclic) bond motifs is 1. The van der Waals surface area contributed by atoms with Gasteiger partial charge in [0.05, 0.1) is 10.9 Å². The zero-order valence-corrected chi connectivity index (χ0v) is 18.2. The molecule has 2 atom stereocenters. The first kappa shape index (κ1) is 21.9. The summed E-state index contributed by atoms with van der Waals surface area (Å²) < 4.78 is 26.4. The van der Waals surface area contributed by atoms with Crippen molar-refractivity contribution >= 4 is 44.2 Å². The van der Waals surface area contributed by atoms with E-state index in [1.165, 1.54) is 12.1 Å². The molecule has 3 rings (SSSR count). The topological polar surface area (TPSA) is 105 Å². The lowest BCUT2D eigenvalue weighted by atomic mass is 10.1. The normalized spacial score (nSPS) is 13.7. The van der Waals surface area contributed by atoms with E-state index in [0.717, 1.165) is 17.8 Å². The second-order valence-electron chi connectivity index (χ2n) is 7.08. The van der Waals surface area contributed by atoms with Crippen LogP contribution < -0.4 is 5.32 Å². The van der Waals surface area contributed by atoms with E-state index in [1.54, 1.807) is 48.9 Å². The van der Waals surface area contributed by atoms with Gasteiger partial charge in [0, 0.05) is 23.0 Å². The number of aryl methyl sites for hydroxylation is 1. The number of nitrogens with zero attached hydrogens (tertiary/aromatic N) is 1. The first-order valence-electron chi connectivity index (χ1n) is 9.15. The maximum absolute atomic E-state index is 12.8. The monoisotopic (exact) mass is 448 g/mol. The Bertz CT molecular complexity index is 1230. The van der Waals surface area contributed by atoms with E-state index < -0.39 is 27.1 Å². The molecule has 2 N–H and O–H groups in total. The van der Waals surface area contributed by atoms with E-state index in [0.29, 0.717) is 16.3 Å². The standard InChI is InChI=1S/C21H21ClN2O5S/c1-12(14-4-7-17(8-5-14)30(28,29)13(2)21(26)27)23-20(25)19-11-15-10-16(22)6-9-18(15)24(19)3/h4-13H,1-3H3,(H,23,25)(H,26,27)/t12-,13-/m1/s1. The van der Waals surface area contributed by atoms with Crippen molar-refractivity contribution in [1.29, 1.82) is 0 Å². The molecule has 0 saturated heterocycles. The van der Waals surface area contributed by atoms with Crippen LogP contribution >= 0.6 is 11.6 Å². The number of benzene rings is 2. The van der Waals surface area contributed by atoms with Gasteiger partial charge >= 0.3 is 5.97 Å². The third-order valence-corrected chi connectivity index (χ3v) is 7.40. The highest BCUT2D eigenvalue weighted by Gasteiger charge is 2.29. The molecule has 0 bridgehead atoms. The molecular formula is C21H21ClN2O5S. The van der Waals surface area contributed by atoms with E-state index in [9.17, 15) is 18.0 Å². The Kier molecular flexibility index (Phi) is 5.92. The van der Waals surface area contributed by atoms with Gasteiger partial charge in [0.15, 0.2) is 15.1 Å². The molecule has 0 saturated carbocycles. The summed E-state index contributed by atoms with van der Waals surface area (Å²) in [5.41, 5.74) is 2.03. The molecule has 0 aliphatic carbocycles. The minimum atomic E-state index is -3.97. The van der Waals surface area contributed by atoms with Crippen LogP contribution in [0.3, 0.4) is 0 Å². The van der Waals surface area contributed by atoms with Gasteiger partial charge in [0.25, 0.3) is 5.91 Å². The lowest BCUT2D eigenvalue weighted by molar-refractivity contribution is -0.136. The molecule has 3 aromatic rings. The van der Waals surface area contributed by atoms with Crippen molar-refractivity contribution < 1.29 is 23.1 Å². The minimum absolute atomic E-state index is 0.0785. The highest BCUT2D eigenvalue weighted by atomic mass is 35.5. The number of aromatic nitrogens is 1. The van der Waals surface area contributed by atoms with Crippen molar-refractivity contribution in [3.05, 3.63) is 64.8 Å². The van der Waals surface area contributed by atoms with Gasteiger partial charge in [0.2, 0.25) is 0 Å². The molecule has 0 aliphatic heterocycles. The Morgan fingerprint density at radius 2 is 1.70 bits per heavy atom. The predicted octanol–water partition coefficient (Wildman–Crippen LogP) is 3.57. The van der Waals surface area contributed by atoms with Crippen LogP contribution in [0.2, 0.25) is 5.02 Å². The number of hydrogen-bond donors (Lipinski definition) is 2. The first-order chi connectivity index (χ1) is 14.0. The molecule has 0 fully saturated rings. The van der Waals surface area contributed by atoms with Gasteiger partial charge in [-0.1, -0.05) is 23.7 Å². The van der Waals surface area contributed by atoms with E-state index in [1.807, 2.05) is 6.07 Å². The summed E-state index contributed by atoms with van der Waals surface area (Å²) in [6.07, 6.45) is 0. The smallest absolute Gasteiger partial charge is 0.321 e. The van der Waals surface area contributed by atoms with Gasteiger partial charge < -0.3 is 15.0 Å². The number of halogens is 1. The highest BCUT2D eigenvalue weighted by molar-refractivity contribution is 7.92. The summed E-state index contributed by atoms with van der Waals surface area (Å²) in [7, 11) is -2.18. The summed E-state index contributed by atoms with van der Waals surface area (Å²) in [6.45, 7) is 2.91. The first-order valence-corrected chi connectivity index (χ1v) is 11.1. The molecule has 1 heterocycles. The fourth-order valence-corrected chi connectivity index (χ4v) is 4.54.